The summed E-state index contributed by atoms with van der Waals surface area (Å²) in [5, 5.41) is 3.34. The largest absolute Gasteiger partial charge is 0.368 e. The Morgan fingerprint density at radius 1 is 1.21 bits per heavy atom. The maximum absolute atomic E-state index is 4.64. The Hall–Kier alpha value is -1.05. The number of hydrogen-bond acceptors (Lipinski definition) is 2. The number of aryl methyl sites for hydroxylation is 2. The minimum Gasteiger partial charge on any atom is -0.368 e. The molecule has 2 nitrogen and oxygen atoms in total. The van der Waals surface area contributed by atoms with Crippen LogP contribution in [-0.4, -0.2) is 11.0 Å². The summed E-state index contributed by atoms with van der Waals surface area (Å²) in [6, 6.07) is 4.79. The van der Waals surface area contributed by atoms with Crippen molar-refractivity contribution in [1.82, 2.24) is 4.98 Å². The minimum absolute atomic E-state index is 0.462. The van der Waals surface area contributed by atoms with Crippen LogP contribution in [0.4, 0.5) is 5.82 Å². The molecule has 0 bridgehead atoms. The van der Waals surface area contributed by atoms with Gasteiger partial charge in [-0.15, -0.1) is 0 Å². The van der Waals surface area contributed by atoms with E-state index >= 15 is 0 Å². The van der Waals surface area contributed by atoms with Crippen molar-refractivity contribution < 1.29 is 0 Å². The van der Waals surface area contributed by atoms with E-state index in [2.05, 4.69) is 36.3 Å². The van der Waals surface area contributed by atoms with E-state index in [4.69, 9.17) is 0 Å². The number of hydrogen-bond donors (Lipinski definition) is 1. The van der Waals surface area contributed by atoms with Gasteiger partial charge in [0, 0.05) is 11.7 Å². The lowest BCUT2D eigenvalue weighted by atomic mass is 9.96. The molecular weight excluding hydrogens is 172 g/mol. The maximum Gasteiger partial charge on any atom is 0.126 e. The van der Waals surface area contributed by atoms with Crippen LogP contribution in [0.3, 0.4) is 0 Å². The Bertz CT molecular complexity index is 318. The van der Waals surface area contributed by atoms with Crippen LogP contribution in [0.25, 0.3) is 0 Å². The smallest absolute Gasteiger partial charge is 0.126 e. The molecule has 0 saturated heterocycles. The SMILES string of the molecule is CC(C)Nc1ccc2c(n1)CCCC2. The Morgan fingerprint density at radius 3 is 2.79 bits per heavy atom. The first-order valence-corrected chi connectivity index (χ1v) is 5.51. The summed E-state index contributed by atoms with van der Waals surface area (Å²) in [4.78, 5) is 4.64. The predicted octanol–water partition coefficient (Wildman–Crippen LogP) is 2.78. The molecule has 0 spiro atoms. The molecule has 0 saturated carbocycles. The first-order valence-electron chi connectivity index (χ1n) is 5.51. The molecule has 0 aromatic carbocycles. The van der Waals surface area contributed by atoms with Gasteiger partial charge in [-0.2, -0.15) is 0 Å². The van der Waals surface area contributed by atoms with Gasteiger partial charge in [-0.05, 0) is 51.2 Å². The van der Waals surface area contributed by atoms with Gasteiger partial charge in [0.15, 0.2) is 0 Å². The summed E-state index contributed by atoms with van der Waals surface area (Å²) in [6.45, 7) is 4.28. The first kappa shape index (κ1) is 9.50. The van der Waals surface area contributed by atoms with E-state index in [9.17, 15) is 0 Å². The maximum atomic E-state index is 4.64. The highest BCUT2D eigenvalue weighted by Gasteiger charge is 2.10. The number of nitrogens with one attached hydrogen (secondary N) is 1. The van der Waals surface area contributed by atoms with Crippen molar-refractivity contribution in [2.45, 2.75) is 45.6 Å². The highest BCUT2D eigenvalue weighted by atomic mass is 15.0. The zero-order valence-corrected chi connectivity index (χ0v) is 9.01. The molecule has 1 N–H and O–H groups in total. The lowest BCUT2D eigenvalue weighted by Gasteiger charge is -2.17. The zero-order chi connectivity index (χ0) is 9.97. The molecule has 0 fully saturated rings. The van der Waals surface area contributed by atoms with E-state index in [0.29, 0.717) is 6.04 Å². The highest BCUT2D eigenvalue weighted by Crippen LogP contribution is 2.21. The zero-order valence-electron chi connectivity index (χ0n) is 9.01. The predicted molar refractivity (Wildman–Crippen MR) is 59.6 cm³/mol. The van der Waals surface area contributed by atoms with Crippen molar-refractivity contribution >= 4 is 5.82 Å². The first-order chi connectivity index (χ1) is 6.75. The summed E-state index contributed by atoms with van der Waals surface area (Å²) >= 11 is 0. The molecule has 14 heavy (non-hydrogen) atoms. The van der Waals surface area contributed by atoms with Crippen LogP contribution in [-0.2, 0) is 12.8 Å². The Morgan fingerprint density at radius 2 is 2.00 bits per heavy atom. The molecule has 76 valence electrons. The van der Waals surface area contributed by atoms with Crippen molar-refractivity contribution in [3.8, 4) is 0 Å². The number of rotatable bonds is 2. The number of nitrogens with zero attached hydrogens (tertiary/aromatic N) is 1. The average molecular weight is 190 g/mol. The number of pyridine rings is 1. The van der Waals surface area contributed by atoms with Crippen molar-refractivity contribution in [3.05, 3.63) is 23.4 Å². The fourth-order valence-corrected chi connectivity index (χ4v) is 1.96. The van der Waals surface area contributed by atoms with Crippen LogP contribution < -0.4 is 5.32 Å². The van der Waals surface area contributed by atoms with E-state index in [0.717, 1.165) is 12.2 Å². The third-order valence-electron chi connectivity index (χ3n) is 2.61. The fraction of sp³-hybridized carbons (Fsp3) is 0.583. The molecule has 0 amide bonds. The summed E-state index contributed by atoms with van der Waals surface area (Å²) in [5.74, 6) is 1.03. The molecule has 2 rings (SSSR count). The second-order valence-corrected chi connectivity index (χ2v) is 4.31. The number of fused-ring (bicyclic) bond motifs is 1. The summed E-state index contributed by atoms with van der Waals surface area (Å²) in [6.07, 6.45) is 4.99. The fourth-order valence-electron chi connectivity index (χ4n) is 1.96. The van der Waals surface area contributed by atoms with Gasteiger partial charge in [-0.1, -0.05) is 6.07 Å². The van der Waals surface area contributed by atoms with Crippen molar-refractivity contribution in [2.24, 2.45) is 0 Å². The molecule has 1 aromatic heterocycles. The Labute approximate surface area is 85.7 Å². The van der Waals surface area contributed by atoms with E-state index < -0.39 is 0 Å². The molecule has 0 unspecified atom stereocenters. The van der Waals surface area contributed by atoms with Gasteiger partial charge in [-0.3, -0.25) is 0 Å². The van der Waals surface area contributed by atoms with Crippen molar-refractivity contribution in [1.29, 1.82) is 0 Å². The van der Waals surface area contributed by atoms with Gasteiger partial charge in [0.05, 0.1) is 0 Å². The monoisotopic (exact) mass is 190 g/mol. The molecule has 2 heteroatoms. The molecule has 1 aromatic rings. The second-order valence-electron chi connectivity index (χ2n) is 4.31. The third-order valence-corrected chi connectivity index (χ3v) is 2.61. The van der Waals surface area contributed by atoms with Gasteiger partial charge in [-0.25, -0.2) is 4.98 Å². The third kappa shape index (κ3) is 2.06. The molecule has 1 aliphatic carbocycles. The minimum atomic E-state index is 0.462. The van der Waals surface area contributed by atoms with Gasteiger partial charge >= 0.3 is 0 Å². The summed E-state index contributed by atoms with van der Waals surface area (Å²) < 4.78 is 0. The van der Waals surface area contributed by atoms with Gasteiger partial charge in [0.25, 0.3) is 0 Å². The lowest BCUT2D eigenvalue weighted by molar-refractivity contribution is 0.667. The van der Waals surface area contributed by atoms with Crippen LogP contribution in [0.15, 0.2) is 12.1 Å². The van der Waals surface area contributed by atoms with Gasteiger partial charge < -0.3 is 5.32 Å². The van der Waals surface area contributed by atoms with Gasteiger partial charge in [0.2, 0.25) is 0 Å². The van der Waals surface area contributed by atoms with Crippen LogP contribution in [0.5, 0.6) is 0 Å². The van der Waals surface area contributed by atoms with Crippen molar-refractivity contribution in [2.75, 3.05) is 5.32 Å². The van der Waals surface area contributed by atoms with Crippen LogP contribution in [0, 0.1) is 0 Å². The molecule has 0 radical (unpaired) electrons. The second kappa shape index (κ2) is 3.99. The summed E-state index contributed by atoms with van der Waals surface area (Å²) in [5.41, 5.74) is 2.76. The molecule has 1 aliphatic rings. The Kier molecular flexibility index (Phi) is 2.71. The lowest BCUT2D eigenvalue weighted by Crippen LogP contribution is -2.13. The van der Waals surface area contributed by atoms with Crippen LogP contribution in [0.2, 0.25) is 0 Å². The topological polar surface area (TPSA) is 24.9 Å². The standard InChI is InChI=1S/C12H18N2/c1-9(2)13-12-8-7-10-5-3-4-6-11(10)14-12/h7-9H,3-6H2,1-2H3,(H,13,14). The molecule has 0 atom stereocenters. The van der Waals surface area contributed by atoms with E-state index in [-0.39, 0.29) is 0 Å². The van der Waals surface area contributed by atoms with Crippen molar-refractivity contribution in [3.63, 3.8) is 0 Å². The quantitative estimate of drug-likeness (QED) is 0.775. The Balaban J connectivity index is 2.20. The average Bonchev–Trinajstić information content (AvgIpc) is 2.17. The molecule has 0 aliphatic heterocycles. The molecule has 1 heterocycles. The number of aromatic nitrogens is 1. The van der Waals surface area contributed by atoms with E-state index in [1.807, 2.05) is 0 Å². The van der Waals surface area contributed by atoms with Gasteiger partial charge in [0.1, 0.15) is 5.82 Å². The van der Waals surface area contributed by atoms with Crippen LogP contribution in [0.1, 0.15) is 37.9 Å². The van der Waals surface area contributed by atoms with E-state index in [1.165, 1.54) is 30.5 Å². The van der Waals surface area contributed by atoms with E-state index in [1.54, 1.807) is 0 Å². The number of anilines is 1. The summed E-state index contributed by atoms with van der Waals surface area (Å²) in [7, 11) is 0. The normalized spacial score (nSPS) is 15.4. The van der Waals surface area contributed by atoms with Crippen LogP contribution >= 0.6 is 0 Å². The molecular formula is C12H18N2. The highest BCUT2D eigenvalue weighted by molar-refractivity contribution is 5.40.